The third kappa shape index (κ3) is 3.52. The van der Waals surface area contributed by atoms with Gasteiger partial charge in [0.1, 0.15) is 12.4 Å². The van der Waals surface area contributed by atoms with Gasteiger partial charge in [-0.3, -0.25) is 10.1 Å². The molecule has 3 N–H and O–H groups in total. The Morgan fingerprint density at radius 2 is 1.76 bits per heavy atom. The van der Waals surface area contributed by atoms with Crippen LogP contribution in [0.5, 0.6) is 0 Å². The minimum Gasteiger partial charge on any atom is -0.388 e. The number of aliphatic hydroxyl groups is 1. The van der Waals surface area contributed by atoms with E-state index < -0.39 is 0 Å². The first kappa shape index (κ1) is 18.6. The molecule has 3 amide bonds. The van der Waals surface area contributed by atoms with Gasteiger partial charge in [0.25, 0.3) is 0 Å². The molecule has 0 aliphatic heterocycles. The number of imidazole rings is 1. The highest BCUT2D eigenvalue weighted by Crippen LogP contribution is 2.55. The number of carbonyl (C=O) groups is 2. The molecule has 4 bridgehead atoms. The molecule has 1 heterocycles. The second kappa shape index (κ2) is 7.13. The average Bonchev–Trinajstić information content (AvgIpc) is 3.02. The number of aliphatic hydroxyl groups excluding tert-OH is 1. The molecule has 29 heavy (non-hydrogen) atoms. The molecule has 6 rings (SSSR count). The van der Waals surface area contributed by atoms with Crippen molar-refractivity contribution in [3.63, 3.8) is 0 Å². The maximum absolute atomic E-state index is 12.5. The van der Waals surface area contributed by atoms with Crippen molar-refractivity contribution in [3.05, 3.63) is 30.1 Å². The lowest BCUT2D eigenvalue weighted by Gasteiger charge is -2.56. The van der Waals surface area contributed by atoms with E-state index in [1.807, 2.05) is 28.8 Å². The van der Waals surface area contributed by atoms with Gasteiger partial charge in [0.2, 0.25) is 5.91 Å². The van der Waals surface area contributed by atoms with Crippen LogP contribution in [-0.2, 0) is 17.9 Å². The predicted molar refractivity (Wildman–Crippen MR) is 108 cm³/mol. The Morgan fingerprint density at radius 1 is 1.10 bits per heavy atom. The summed E-state index contributed by atoms with van der Waals surface area (Å²) in [4.78, 5) is 29.3. The van der Waals surface area contributed by atoms with Gasteiger partial charge in [-0.15, -0.1) is 0 Å². The van der Waals surface area contributed by atoms with E-state index in [-0.39, 0.29) is 30.5 Å². The summed E-state index contributed by atoms with van der Waals surface area (Å²) in [6.45, 7) is 0.176. The zero-order valence-electron chi connectivity index (χ0n) is 16.6. The molecule has 4 saturated carbocycles. The Balaban J connectivity index is 1.19. The van der Waals surface area contributed by atoms with Crippen LogP contribution in [0.4, 0.5) is 4.79 Å². The van der Waals surface area contributed by atoms with E-state index in [1.165, 1.54) is 19.3 Å². The molecule has 4 fully saturated rings. The van der Waals surface area contributed by atoms with Crippen LogP contribution in [0.15, 0.2) is 24.3 Å². The lowest BCUT2D eigenvalue weighted by molar-refractivity contribution is -0.120. The van der Waals surface area contributed by atoms with Gasteiger partial charge in [-0.2, -0.15) is 0 Å². The molecular weight excluding hydrogens is 368 g/mol. The summed E-state index contributed by atoms with van der Waals surface area (Å²) < 4.78 is 1.84. The highest BCUT2D eigenvalue weighted by Gasteiger charge is 2.51. The fourth-order valence-electron chi connectivity index (χ4n) is 6.43. The number of amides is 3. The van der Waals surface area contributed by atoms with Crippen LogP contribution in [0.1, 0.15) is 50.8 Å². The van der Waals surface area contributed by atoms with Crippen molar-refractivity contribution in [1.29, 1.82) is 0 Å². The molecule has 7 nitrogen and oxygen atoms in total. The van der Waals surface area contributed by atoms with E-state index in [0.717, 1.165) is 48.0 Å². The molecular formula is C22H28N4O3. The van der Waals surface area contributed by atoms with Crippen molar-refractivity contribution in [1.82, 2.24) is 20.2 Å². The molecule has 0 spiro atoms. The number of imide groups is 1. The summed E-state index contributed by atoms with van der Waals surface area (Å²) in [7, 11) is 0. The molecule has 7 heteroatoms. The smallest absolute Gasteiger partial charge is 0.321 e. The SMILES string of the molecule is O=C(CCn1c(CO)nc2ccccc21)NC(=O)NC12CC3CC(CC(C3)C1)C2. The molecule has 154 valence electrons. The molecule has 2 aromatic rings. The van der Waals surface area contributed by atoms with E-state index in [2.05, 4.69) is 15.6 Å². The maximum Gasteiger partial charge on any atom is 0.321 e. The molecule has 0 atom stereocenters. The fourth-order valence-corrected chi connectivity index (χ4v) is 6.43. The van der Waals surface area contributed by atoms with Crippen molar-refractivity contribution in [2.45, 2.75) is 63.6 Å². The second-order valence-corrected chi connectivity index (χ2v) is 9.28. The van der Waals surface area contributed by atoms with E-state index in [1.54, 1.807) is 0 Å². The van der Waals surface area contributed by atoms with Gasteiger partial charge in [0, 0.05) is 18.5 Å². The minimum absolute atomic E-state index is 0.107. The monoisotopic (exact) mass is 396 g/mol. The number of aryl methyl sites for hydroxylation is 1. The lowest BCUT2D eigenvalue weighted by atomic mass is 9.53. The van der Waals surface area contributed by atoms with Crippen molar-refractivity contribution in [3.8, 4) is 0 Å². The van der Waals surface area contributed by atoms with Crippen LogP contribution in [0.3, 0.4) is 0 Å². The van der Waals surface area contributed by atoms with Crippen LogP contribution in [0.25, 0.3) is 11.0 Å². The predicted octanol–water partition coefficient (Wildman–Crippen LogP) is 2.71. The molecule has 1 aromatic heterocycles. The third-order valence-corrected chi connectivity index (χ3v) is 7.11. The van der Waals surface area contributed by atoms with E-state index in [9.17, 15) is 14.7 Å². The van der Waals surface area contributed by atoms with Gasteiger partial charge >= 0.3 is 6.03 Å². The number of hydrogen-bond acceptors (Lipinski definition) is 4. The summed E-state index contributed by atoms with van der Waals surface area (Å²) in [5, 5.41) is 15.3. The van der Waals surface area contributed by atoms with Crippen molar-refractivity contribution >= 4 is 23.0 Å². The quantitative estimate of drug-likeness (QED) is 0.724. The maximum atomic E-state index is 12.5. The first-order chi connectivity index (χ1) is 14.0. The highest BCUT2D eigenvalue weighted by molar-refractivity contribution is 5.94. The van der Waals surface area contributed by atoms with Gasteiger partial charge in [0.15, 0.2) is 0 Å². The van der Waals surface area contributed by atoms with Crippen LogP contribution in [0.2, 0.25) is 0 Å². The van der Waals surface area contributed by atoms with Gasteiger partial charge < -0.3 is 15.0 Å². The van der Waals surface area contributed by atoms with Crippen LogP contribution >= 0.6 is 0 Å². The van der Waals surface area contributed by atoms with Gasteiger partial charge in [-0.05, 0) is 68.4 Å². The van der Waals surface area contributed by atoms with Crippen molar-refractivity contribution in [2.75, 3.05) is 0 Å². The normalized spacial score (nSPS) is 29.9. The first-order valence-electron chi connectivity index (χ1n) is 10.7. The number of carbonyl (C=O) groups excluding carboxylic acids is 2. The molecule has 1 aromatic carbocycles. The standard InChI is InChI=1S/C22H28N4O3/c27-13-19-23-17-3-1-2-4-18(17)26(19)6-5-20(28)24-21(29)25-22-10-14-7-15(11-22)9-16(8-14)12-22/h1-4,14-16,27H,5-13H2,(H2,24,25,28,29). The fraction of sp³-hybridized carbons (Fsp3) is 0.591. The largest absolute Gasteiger partial charge is 0.388 e. The Morgan fingerprint density at radius 3 is 2.41 bits per heavy atom. The number of nitrogens with zero attached hydrogens (tertiary/aromatic N) is 2. The minimum atomic E-state index is -0.366. The van der Waals surface area contributed by atoms with Gasteiger partial charge in [0.05, 0.1) is 11.0 Å². The van der Waals surface area contributed by atoms with Crippen molar-refractivity contribution in [2.24, 2.45) is 17.8 Å². The molecule has 4 aliphatic rings. The van der Waals surface area contributed by atoms with Crippen LogP contribution in [-0.4, -0.2) is 32.1 Å². The topological polar surface area (TPSA) is 96.2 Å². The van der Waals surface area contributed by atoms with E-state index >= 15 is 0 Å². The molecule has 0 unspecified atom stereocenters. The number of nitrogens with one attached hydrogen (secondary N) is 2. The number of rotatable bonds is 5. The highest BCUT2D eigenvalue weighted by atomic mass is 16.3. The molecule has 0 saturated heterocycles. The number of para-hydroxylation sites is 2. The van der Waals surface area contributed by atoms with Crippen LogP contribution in [0, 0.1) is 17.8 Å². The van der Waals surface area contributed by atoms with Gasteiger partial charge in [-0.1, -0.05) is 12.1 Å². The Kier molecular flexibility index (Phi) is 4.57. The van der Waals surface area contributed by atoms with E-state index in [0.29, 0.717) is 12.4 Å². The summed E-state index contributed by atoms with van der Waals surface area (Å²) in [6, 6.07) is 7.22. The summed E-state index contributed by atoms with van der Waals surface area (Å²) in [6.07, 6.45) is 7.26. The number of benzene rings is 1. The average molecular weight is 396 g/mol. The lowest BCUT2D eigenvalue weighted by Crippen LogP contribution is -2.61. The summed E-state index contributed by atoms with van der Waals surface area (Å²) in [5.74, 6) is 2.43. The Hall–Kier alpha value is -2.41. The third-order valence-electron chi connectivity index (χ3n) is 7.11. The summed E-state index contributed by atoms with van der Waals surface area (Å²) >= 11 is 0. The Labute approximate surface area is 169 Å². The van der Waals surface area contributed by atoms with Crippen molar-refractivity contribution < 1.29 is 14.7 Å². The summed E-state index contributed by atoms with van der Waals surface area (Å²) in [5.41, 5.74) is 1.56. The number of hydrogen-bond donors (Lipinski definition) is 3. The zero-order valence-corrected chi connectivity index (χ0v) is 16.6. The number of aromatic nitrogens is 2. The molecule has 0 radical (unpaired) electrons. The van der Waals surface area contributed by atoms with Crippen LogP contribution < -0.4 is 10.6 Å². The van der Waals surface area contributed by atoms with E-state index in [4.69, 9.17) is 0 Å². The van der Waals surface area contributed by atoms with Gasteiger partial charge in [-0.25, -0.2) is 9.78 Å². The second-order valence-electron chi connectivity index (χ2n) is 9.28. The number of urea groups is 1. The molecule has 4 aliphatic carbocycles. The Bertz CT molecular complexity index is 915. The number of fused-ring (bicyclic) bond motifs is 1. The zero-order chi connectivity index (χ0) is 20.0. The first-order valence-corrected chi connectivity index (χ1v) is 10.7.